The molecule has 0 atom stereocenters. The van der Waals surface area contributed by atoms with Crippen LogP contribution in [-0.2, 0) is 0 Å². The minimum atomic E-state index is -2.69. The third-order valence-electron chi connectivity index (χ3n) is 9.59. The molecule has 0 saturated carbocycles. The van der Waals surface area contributed by atoms with Gasteiger partial charge in [0.05, 0.1) is 0 Å². The molecule has 0 amide bonds. The average Bonchev–Trinajstić information content (AvgIpc) is 2.93. The topological polar surface area (TPSA) is 0 Å². The van der Waals surface area contributed by atoms with E-state index in [9.17, 15) is 0 Å². The number of hydrogen-bond acceptors (Lipinski definition) is 0. The van der Waals surface area contributed by atoms with Crippen molar-refractivity contribution >= 4 is 80.5 Å². The molecule has 0 N–H and O–H groups in total. The van der Waals surface area contributed by atoms with Gasteiger partial charge in [-0.15, -0.1) is 0 Å². The predicted octanol–water partition coefficient (Wildman–Crippen LogP) is 8.92. The Kier molecular flexibility index (Phi) is 10.1. The molecule has 0 nitrogen and oxygen atoms in total. The van der Waals surface area contributed by atoms with Gasteiger partial charge in [-0.3, -0.25) is 0 Å². The van der Waals surface area contributed by atoms with Crippen LogP contribution in [0.2, 0.25) is 60.7 Å². The SMILES string of the molecule is [CH3][Ga](/[C](=C\c1ccccc1)[Si](c1ccccc1)(c1ccccc1)c1ccccc1)[C]([Si](C)(C)C)([Si](C)(C)C)[Si](C)(C)Cl. The van der Waals surface area contributed by atoms with Crippen molar-refractivity contribution in [1.29, 1.82) is 0 Å². The second-order valence-electron chi connectivity index (χ2n) is 14.4. The number of halogens is 1. The van der Waals surface area contributed by atoms with Crippen LogP contribution in [0, 0.1) is 0 Å². The van der Waals surface area contributed by atoms with Crippen LogP contribution in [0.5, 0.6) is 0 Å². The van der Waals surface area contributed by atoms with Crippen LogP contribution in [-0.4, -0.2) is 47.8 Å². The van der Waals surface area contributed by atoms with E-state index in [-0.39, 0.29) is 0 Å². The Morgan fingerprint density at radius 1 is 0.548 bits per heavy atom. The van der Waals surface area contributed by atoms with Gasteiger partial charge in [0.1, 0.15) is 0 Å². The first-order chi connectivity index (χ1) is 19.7. The van der Waals surface area contributed by atoms with Crippen molar-refractivity contribution in [3.63, 3.8) is 0 Å². The van der Waals surface area contributed by atoms with Gasteiger partial charge in [0.15, 0.2) is 0 Å². The summed E-state index contributed by atoms with van der Waals surface area (Å²) in [5, 5.41) is 4.45. The van der Waals surface area contributed by atoms with Gasteiger partial charge in [-0.1, -0.05) is 0 Å². The Hall–Kier alpha value is -1.59. The Labute approximate surface area is 270 Å². The van der Waals surface area contributed by atoms with Crippen LogP contribution in [0.25, 0.3) is 6.08 Å². The normalized spacial score (nSPS) is 13.6. The first-order valence-corrected chi connectivity index (χ1v) is 33.2. The molecule has 0 bridgehead atoms. The molecule has 218 valence electrons. The van der Waals surface area contributed by atoms with E-state index in [0.29, 0.717) is 2.84 Å². The predicted molar refractivity (Wildman–Crippen MR) is 203 cm³/mol. The summed E-state index contributed by atoms with van der Waals surface area (Å²) in [6.07, 6.45) is 2.68. The molecule has 0 radical (unpaired) electrons. The van der Waals surface area contributed by atoms with E-state index < -0.39 is 47.8 Å². The molecule has 0 spiro atoms. The van der Waals surface area contributed by atoms with E-state index in [1.807, 2.05) is 0 Å². The number of benzene rings is 4. The van der Waals surface area contributed by atoms with E-state index in [1.165, 1.54) is 21.1 Å². The molecule has 0 saturated heterocycles. The summed E-state index contributed by atoms with van der Waals surface area (Å²) in [5.74, 6) is 0. The fourth-order valence-corrected chi connectivity index (χ4v) is 86.7. The Morgan fingerprint density at radius 2 is 0.857 bits per heavy atom. The summed E-state index contributed by atoms with van der Waals surface area (Å²) in [4.78, 5) is 0. The van der Waals surface area contributed by atoms with Crippen molar-refractivity contribution in [1.82, 2.24) is 0 Å². The molecule has 0 unspecified atom stereocenters. The van der Waals surface area contributed by atoms with E-state index >= 15 is 0 Å². The molecule has 0 heterocycles. The van der Waals surface area contributed by atoms with Gasteiger partial charge in [-0.2, -0.15) is 0 Å². The fourth-order valence-electron chi connectivity index (χ4n) is 9.31. The fraction of sp³-hybridized carbons (Fsp3) is 0.278. The van der Waals surface area contributed by atoms with Crippen LogP contribution >= 0.6 is 11.1 Å². The molecular formula is C36H48ClGaSi4. The van der Waals surface area contributed by atoms with E-state index in [2.05, 4.69) is 185 Å². The Balaban J connectivity index is 2.29. The maximum atomic E-state index is 8.00. The van der Waals surface area contributed by atoms with Crippen LogP contribution in [0.4, 0.5) is 0 Å². The Morgan fingerprint density at radius 3 is 1.14 bits per heavy atom. The van der Waals surface area contributed by atoms with Crippen LogP contribution in [0.3, 0.4) is 0 Å². The summed E-state index contributed by atoms with van der Waals surface area (Å²) in [6, 6.07) is 45.8. The van der Waals surface area contributed by atoms with Crippen molar-refractivity contribution in [3.8, 4) is 0 Å². The zero-order valence-electron chi connectivity index (χ0n) is 27.1. The van der Waals surface area contributed by atoms with Gasteiger partial charge in [0.2, 0.25) is 0 Å². The van der Waals surface area contributed by atoms with Crippen LogP contribution in [0.1, 0.15) is 5.56 Å². The summed E-state index contributed by atoms with van der Waals surface area (Å²) in [6.45, 7) is 20.9. The van der Waals surface area contributed by atoms with Crippen molar-refractivity contribution in [2.24, 2.45) is 0 Å². The summed E-state index contributed by atoms with van der Waals surface area (Å²) < 4.78 is 2.08. The minimum absolute atomic E-state index is 0.304. The summed E-state index contributed by atoms with van der Waals surface area (Å²) in [5.41, 5.74) is 4.09. The van der Waals surface area contributed by atoms with Gasteiger partial charge in [0.25, 0.3) is 0 Å². The molecule has 0 aliphatic heterocycles. The zero-order valence-corrected chi connectivity index (χ0v) is 34.3. The number of rotatable bonds is 10. The van der Waals surface area contributed by atoms with Gasteiger partial charge in [-0.25, -0.2) is 0 Å². The third kappa shape index (κ3) is 5.91. The molecule has 4 aromatic rings. The second kappa shape index (κ2) is 12.8. The molecule has 0 aromatic heterocycles. The number of hydrogen-bond donors (Lipinski definition) is 0. The third-order valence-corrected chi connectivity index (χ3v) is 68.8. The van der Waals surface area contributed by atoms with E-state index in [1.54, 1.807) is 3.75 Å². The zero-order chi connectivity index (χ0) is 30.8. The molecule has 0 aliphatic rings. The molecule has 4 rings (SSSR count). The molecule has 42 heavy (non-hydrogen) atoms. The molecule has 6 heteroatoms. The molecule has 4 aromatic carbocycles. The van der Waals surface area contributed by atoms with Crippen molar-refractivity contribution in [2.45, 2.75) is 60.7 Å². The quantitative estimate of drug-likeness (QED) is 0.0882. The van der Waals surface area contributed by atoms with Gasteiger partial charge in [-0.05, 0) is 0 Å². The van der Waals surface area contributed by atoms with Crippen molar-refractivity contribution in [3.05, 3.63) is 131 Å². The standard InChI is InChI=1S/C26H21Si.C9H24ClSi3.CH3.Ga/c1-5-13-23(14-6-1)21-22-27(24-15-7-2-8-16-24,25-17-9-3-10-18-25)26-19-11-4-12-20-26;1-11(2,3)9(12(4,5)6)13(7,8)10;;/h1-21H;1-8H3;1H3;. The molecule has 0 fully saturated rings. The summed E-state index contributed by atoms with van der Waals surface area (Å²) >= 11 is 5.50. The van der Waals surface area contributed by atoms with Crippen molar-refractivity contribution < 1.29 is 0 Å². The molecule has 0 aliphatic carbocycles. The van der Waals surface area contributed by atoms with Gasteiger partial charge < -0.3 is 0 Å². The van der Waals surface area contributed by atoms with Crippen LogP contribution in [0.15, 0.2) is 125 Å². The molecular weight excluding hydrogens is 650 g/mol. The maximum absolute atomic E-state index is 8.00. The van der Waals surface area contributed by atoms with Crippen LogP contribution < -0.4 is 15.6 Å². The second-order valence-corrected chi connectivity index (χ2v) is 47.8. The van der Waals surface area contributed by atoms with Gasteiger partial charge in [0, 0.05) is 0 Å². The average molecular weight is 698 g/mol. The monoisotopic (exact) mass is 696 g/mol. The first kappa shape index (κ1) is 33.3. The summed E-state index contributed by atoms with van der Waals surface area (Å²) in [7, 11) is -8.42. The van der Waals surface area contributed by atoms with E-state index in [4.69, 9.17) is 11.1 Å². The van der Waals surface area contributed by atoms with Gasteiger partial charge >= 0.3 is 272 Å². The Bertz CT molecular complexity index is 1340. The van der Waals surface area contributed by atoms with E-state index in [0.717, 1.165) is 0 Å². The first-order valence-electron chi connectivity index (χ1n) is 15.3. The van der Waals surface area contributed by atoms with Crippen molar-refractivity contribution in [2.75, 3.05) is 0 Å².